The Labute approximate surface area is 355 Å². The number of unbranched alkanes of at least 4 members (excludes halogenated alkanes) is 12. The number of carboxylic acid groups (broad SMARTS) is 1. The summed E-state index contributed by atoms with van der Waals surface area (Å²) in [4.78, 5) is 54.6. The van der Waals surface area contributed by atoms with Crippen LogP contribution in [-0.2, 0) is 0 Å². The fourth-order valence-electron chi connectivity index (χ4n) is 9.56. The average molecular weight is 815 g/mol. The second-order valence-electron chi connectivity index (χ2n) is 17.2. The molecule has 3 amide bonds. The van der Waals surface area contributed by atoms with Crippen LogP contribution in [0.2, 0.25) is 0 Å². The number of amides is 3. The second kappa shape index (κ2) is 21.0. The van der Waals surface area contributed by atoms with Crippen molar-refractivity contribution >= 4 is 72.6 Å². The Balaban J connectivity index is 1.56. The number of hydrogen-bond acceptors (Lipinski definition) is 5. The maximum Gasteiger partial charge on any atom is 0.336 e. The van der Waals surface area contributed by atoms with Crippen molar-refractivity contribution in [2.24, 2.45) is 0 Å². The van der Waals surface area contributed by atoms with Gasteiger partial charge < -0.3 is 15.7 Å². The lowest BCUT2D eigenvalue weighted by molar-refractivity contribution is 0.0697. The molecule has 0 fully saturated rings. The van der Waals surface area contributed by atoms with E-state index in [1.165, 1.54) is 0 Å². The van der Waals surface area contributed by atoms with Gasteiger partial charge in [0.1, 0.15) is 5.84 Å². The van der Waals surface area contributed by atoms with Crippen LogP contribution in [0.3, 0.4) is 0 Å². The minimum absolute atomic E-state index is 0.00738. The Morgan fingerprint density at radius 2 is 1.00 bits per heavy atom. The van der Waals surface area contributed by atoms with E-state index < -0.39 is 17.8 Å². The largest absolute Gasteiger partial charge is 0.478 e. The fourth-order valence-corrected chi connectivity index (χ4v) is 9.56. The fraction of sp³-hybridized carbons (Fsp3) is 0.510. The second-order valence-corrected chi connectivity index (χ2v) is 17.2. The summed E-state index contributed by atoms with van der Waals surface area (Å²) in [6.45, 7) is 8.80. The number of fused-ring (bicyclic) bond motifs is 2. The van der Waals surface area contributed by atoms with E-state index in [1.807, 2.05) is 18.2 Å². The highest BCUT2D eigenvalue weighted by Gasteiger charge is 2.31. The number of hydrogen-bond donors (Lipinski definition) is 5. The van der Waals surface area contributed by atoms with Crippen LogP contribution in [0.1, 0.15) is 203 Å². The molecule has 0 radical (unpaired) electrons. The van der Waals surface area contributed by atoms with Gasteiger partial charge in [-0.25, -0.2) is 4.79 Å². The molecule has 0 aromatic heterocycles. The molecule has 1 aliphatic heterocycles. The lowest BCUT2D eigenvalue weighted by Crippen LogP contribution is -2.36. The predicted molar refractivity (Wildman–Crippen MR) is 246 cm³/mol. The molecule has 60 heavy (non-hydrogen) atoms. The van der Waals surface area contributed by atoms with E-state index in [0.29, 0.717) is 60.0 Å². The zero-order valence-electron chi connectivity index (χ0n) is 36.4. The zero-order valence-corrected chi connectivity index (χ0v) is 36.4. The summed E-state index contributed by atoms with van der Waals surface area (Å²) in [6.07, 6.45) is 21.3. The van der Waals surface area contributed by atoms with Gasteiger partial charge in [0.2, 0.25) is 0 Å². The minimum atomic E-state index is -1.16. The quantitative estimate of drug-likeness (QED) is 0.00989. The molecule has 0 saturated heterocycles. The monoisotopic (exact) mass is 815 g/mol. The van der Waals surface area contributed by atoms with Gasteiger partial charge in [-0.15, -0.1) is 0 Å². The van der Waals surface area contributed by atoms with Crippen molar-refractivity contribution in [1.29, 1.82) is 5.41 Å². The predicted octanol–water partition coefficient (Wildman–Crippen LogP) is 12.6. The molecule has 1 heterocycles. The first-order chi connectivity index (χ1) is 29.1. The summed E-state index contributed by atoms with van der Waals surface area (Å²) < 4.78 is 0. The van der Waals surface area contributed by atoms with Crippen molar-refractivity contribution in [3.8, 4) is 0 Å². The Morgan fingerprint density at radius 1 is 0.533 bits per heavy atom. The summed E-state index contributed by atoms with van der Waals surface area (Å²) in [5, 5.41) is 34.9. The standard InChI is InChI=1S/C51H66N4O5/c1-5-9-13-17-21-32(22-18-14-10-6-2)53-47(52)40-31-41(51(59)60)43-36-27-30-38-44-37(49(57)55-50(38)58)28-25-34(42(36)44)35-26-29-39(45(40)46(35)43)48(56)54-33(23-19-15-11-7-3)24-20-16-12-8-4/h25-33H,5-24H2,1-4H3,(H2,52,53)(H,54,56)(H,59,60)(H,55,57,58). The lowest BCUT2D eigenvalue weighted by atomic mass is 9.81. The van der Waals surface area contributed by atoms with Crippen LogP contribution in [0.5, 0.6) is 0 Å². The molecule has 0 saturated carbocycles. The van der Waals surface area contributed by atoms with Gasteiger partial charge in [0, 0.05) is 50.5 Å². The van der Waals surface area contributed by atoms with E-state index in [9.17, 15) is 29.7 Å². The highest BCUT2D eigenvalue weighted by atomic mass is 16.4. The smallest absolute Gasteiger partial charge is 0.336 e. The molecule has 0 aliphatic carbocycles. The molecule has 9 heteroatoms. The number of carbonyl (C=O) groups excluding carboxylic acids is 3. The molecular weight excluding hydrogens is 749 g/mol. The summed E-state index contributed by atoms with van der Waals surface area (Å²) in [6, 6.07) is 12.3. The third-order valence-electron chi connectivity index (χ3n) is 12.8. The Kier molecular flexibility index (Phi) is 15.5. The highest BCUT2D eigenvalue weighted by Crippen LogP contribution is 2.46. The molecule has 6 rings (SSSR count). The van der Waals surface area contributed by atoms with Gasteiger partial charge in [0.05, 0.1) is 5.56 Å². The van der Waals surface area contributed by atoms with Gasteiger partial charge in [-0.3, -0.25) is 25.1 Å². The van der Waals surface area contributed by atoms with Gasteiger partial charge in [-0.2, -0.15) is 0 Å². The minimum Gasteiger partial charge on any atom is -0.478 e. The zero-order chi connectivity index (χ0) is 42.8. The van der Waals surface area contributed by atoms with E-state index in [2.05, 4.69) is 43.6 Å². The molecule has 9 nitrogen and oxygen atoms in total. The molecule has 0 bridgehead atoms. The van der Waals surface area contributed by atoms with Crippen molar-refractivity contribution in [2.45, 2.75) is 168 Å². The summed E-state index contributed by atoms with van der Waals surface area (Å²) in [5.41, 5.74) is 1.51. The maximum atomic E-state index is 14.8. The van der Waals surface area contributed by atoms with E-state index in [4.69, 9.17) is 0 Å². The van der Waals surface area contributed by atoms with Gasteiger partial charge in [-0.05, 0) is 76.9 Å². The highest BCUT2D eigenvalue weighted by molar-refractivity contribution is 6.41. The number of carbonyl (C=O) groups is 4. The number of aromatic carboxylic acids is 1. The Bertz CT molecular complexity index is 2300. The van der Waals surface area contributed by atoms with Gasteiger partial charge in [0.25, 0.3) is 17.7 Å². The Hall–Kier alpha value is -5.05. The molecule has 5 N–H and O–H groups in total. The number of imide groups is 1. The SMILES string of the molecule is CCCCCCC(CCCCCC)NC(=N)c1cc(C(=O)O)c2c3ccc4c5c(ccc(c6ccc(C(=O)NC(CCCCCC)CCCCCC)c1c62)c53)C(=O)NC4=O. The van der Waals surface area contributed by atoms with Gasteiger partial charge in [-0.1, -0.05) is 149 Å². The molecule has 5 aromatic rings. The van der Waals surface area contributed by atoms with Crippen molar-refractivity contribution in [2.75, 3.05) is 0 Å². The first-order valence-corrected chi connectivity index (χ1v) is 23.1. The number of amidine groups is 1. The first-order valence-electron chi connectivity index (χ1n) is 23.1. The summed E-state index contributed by atoms with van der Waals surface area (Å²) in [5.74, 6) is -2.26. The van der Waals surface area contributed by atoms with Crippen LogP contribution < -0.4 is 16.0 Å². The summed E-state index contributed by atoms with van der Waals surface area (Å²) in [7, 11) is 0. The van der Waals surface area contributed by atoms with Crippen molar-refractivity contribution in [3.05, 3.63) is 70.3 Å². The normalized spacial score (nSPS) is 12.8. The molecule has 0 atom stereocenters. The Morgan fingerprint density at radius 3 is 1.50 bits per heavy atom. The van der Waals surface area contributed by atoms with E-state index >= 15 is 0 Å². The summed E-state index contributed by atoms with van der Waals surface area (Å²) >= 11 is 0. The number of rotatable bonds is 25. The third kappa shape index (κ3) is 9.61. The van der Waals surface area contributed by atoms with E-state index in [0.717, 1.165) is 134 Å². The lowest BCUT2D eigenvalue weighted by Gasteiger charge is -2.26. The molecule has 5 aromatic carbocycles. The average Bonchev–Trinajstić information content (AvgIpc) is 3.24. The van der Waals surface area contributed by atoms with Crippen LogP contribution in [0.4, 0.5) is 0 Å². The van der Waals surface area contributed by atoms with E-state index in [-0.39, 0.29) is 29.4 Å². The topological polar surface area (TPSA) is 148 Å². The molecule has 0 unspecified atom stereocenters. The van der Waals surface area contributed by atoms with Crippen LogP contribution in [0.15, 0.2) is 42.5 Å². The molecule has 1 aliphatic rings. The van der Waals surface area contributed by atoms with Crippen LogP contribution in [0, 0.1) is 5.41 Å². The molecule has 320 valence electrons. The number of carboxylic acids is 1. The van der Waals surface area contributed by atoms with E-state index in [1.54, 1.807) is 24.3 Å². The molecular formula is C51H66N4O5. The van der Waals surface area contributed by atoms with Crippen molar-refractivity contribution in [1.82, 2.24) is 16.0 Å². The van der Waals surface area contributed by atoms with Crippen molar-refractivity contribution < 1.29 is 24.3 Å². The van der Waals surface area contributed by atoms with Crippen LogP contribution in [0.25, 0.3) is 43.1 Å². The molecule has 0 spiro atoms. The van der Waals surface area contributed by atoms with Crippen LogP contribution >= 0.6 is 0 Å². The maximum absolute atomic E-state index is 14.8. The van der Waals surface area contributed by atoms with Gasteiger partial charge >= 0.3 is 5.97 Å². The van der Waals surface area contributed by atoms with Crippen LogP contribution in [-0.4, -0.2) is 46.7 Å². The van der Waals surface area contributed by atoms with Gasteiger partial charge in [0.15, 0.2) is 0 Å². The first kappa shape index (κ1) is 44.5. The third-order valence-corrected chi connectivity index (χ3v) is 12.8. The number of benzene rings is 5. The number of nitrogens with one attached hydrogen (secondary N) is 4. The van der Waals surface area contributed by atoms with Crippen molar-refractivity contribution in [3.63, 3.8) is 0 Å².